The van der Waals surface area contributed by atoms with E-state index in [0.29, 0.717) is 10.4 Å². The van der Waals surface area contributed by atoms with Crippen molar-refractivity contribution >= 4 is 34.6 Å². The highest BCUT2D eigenvalue weighted by Crippen LogP contribution is 2.20. The molecule has 0 atom stereocenters. The Hall–Kier alpha value is -1.74. The Labute approximate surface area is 89.6 Å². The molecular weight excluding hydrogens is 212 g/mol. The van der Waals surface area contributed by atoms with E-state index in [4.69, 9.17) is 11.6 Å². The van der Waals surface area contributed by atoms with Gasteiger partial charge in [-0.05, 0) is 24.3 Å². The number of hydrogen-bond acceptors (Lipinski definition) is 1. The summed E-state index contributed by atoms with van der Waals surface area (Å²) in [5.41, 5.74) is 1.50. The van der Waals surface area contributed by atoms with Crippen molar-refractivity contribution in [3.8, 4) is 0 Å². The molecule has 0 spiro atoms. The second-order valence-electron chi connectivity index (χ2n) is 3.48. The highest BCUT2D eigenvalue weighted by molar-refractivity contribution is 6.31. The lowest BCUT2D eigenvalue weighted by Crippen LogP contribution is -2.10. The molecular formula is C11H7ClN2O. The van der Waals surface area contributed by atoms with Crippen LogP contribution in [0.25, 0.3) is 23.0 Å². The van der Waals surface area contributed by atoms with Crippen LogP contribution in [0.2, 0.25) is 5.02 Å². The number of fused-ring (bicyclic) bond motifs is 3. The van der Waals surface area contributed by atoms with Gasteiger partial charge in [0, 0.05) is 10.4 Å². The molecule has 0 aliphatic heterocycles. The van der Waals surface area contributed by atoms with E-state index in [2.05, 4.69) is 11.6 Å². The van der Waals surface area contributed by atoms with Crippen molar-refractivity contribution in [1.82, 2.24) is 9.38 Å². The van der Waals surface area contributed by atoms with E-state index < -0.39 is 0 Å². The van der Waals surface area contributed by atoms with Crippen molar-refractivity contribution in [2.24, 2.45) is 0 Å². The topological polar surface area (TPSA) is 37.3 Å². The minimum Gasteiger partial charge on any atom is -0.306 e. The van der Waals surface area contributed by atoms with Gasteiger partial charge in [0.15, 0.2) is 0 Å². The number of rotatable bonds is 0. The predicted molar refractivity (Wildman–Crippen MR) is 61.3 cm³/mol. The fraction of sp³-hybridized carbons (Fsp3) is 0. The maximum Gasteiger partial charge on any atom is 0.331 e. The Kier molecular flexibility index (Phi) is 1.51. The fourth-order valence-electron chi connectivity index (χ4n) is 1.88. The largest absolute Gasteiger partial charge is 0.331 e. The molecule has 1 aromatic carbocycles. The van der Waals surface area contributed by atoms with E-state index in [9.17, 15) is 4.79 Å². The average molecular weight is 219 g/mol. The third-order valence-electron chi connectivity index (χ3n) is 2.53. The first-order chi connectivity index (χ1) is 7.16. The van der Waals surface area contributed by atoms with E-state index in [-0.39, 0.29) is 5.69 Å². The Morgan fingerprint density at radius 1 is 1.27 bits per heavy atom. The Morgan fingerprint density at radius 2 is 2.07 bits per heavy atom. The van der Waals surface area contributed by atoms with Gasteiger partial charge in [-0.2, -0.15) is 0 Å². The maximum absolute atomic E-state index is 11.6. The molecule has 2 heterocycles. The van der Waals surface area contributed by atoms with Gasteiger partial charge >= 0.3 is 5.69 Å². The van der Waals surface area contributed by atoms with Crippen LogP contribution < -0.4 is 11.0 Å². The van der Waals surface area contributed by atoms with Gasteiger partial charge in [0.25, 0.3) is 0 Å². The van der Waals surface area contributed by atoms with E-state index in [1.54, 1.807) is 10.5 Å². The number of H-pyrrole nitrogens is 1. The van der Waals surface area contributed by atoms with Gasteiger partial charge in [-0.1, -0.05) is 18.2 Å². The normalized spacial score (nSPS) is 11.5. The number of nitrogens with one attached hydrogen (secondary N) is 1. The molecule has 0 aliphatic carbocycles. The van der Waals surface area contributed by atoms with Crippen molar-refractivity contribution in [3.63, 3.8) is 0 Å². The summed E-state index contributed by atoms with van der Waals surface area (Å²) in [7, 11) is 0. The smallest absolute Gasteiger partial charge is 0.306 e. The first-order valence-corrected chi connectivity index (χ1v) is 4.86. The minimum atomic E-state index is -0.160. The monoisotopic (exact) mass is 218 g/mol. The van der Waals surface area contributed by atoms with Crippen molar-refractivity contribution in [1.29, 1.82) is 0 Å². The van der Waals surface area contributed by atoms with Crippen molar-refractivity contribution in [2.45, 2.75) is 0 Å². The number of aromatic amines is 1. The van der Waals surface area contributed by atoms with Crippen molar-refractivity contribution < 1.29 is 0 Å². The lowest BCUT2D eigenvalue weighted by atomic mass is 10.2. The van der Waals surface area contributed by atoms with Gasteiger partial charge in [0.1, 0.15) is 0 Å². The van der Waals surface area contributed by atoms with Gasteiger partial charge in [0.2, 0.25) is 0 Å². The van der Waals surface area contributed by atoms with E-state index >= 15 is 0 Å². The Bertz CT molecular complexity index is 769. The molecule has 0 saturated carbocycles. The van der Waals surface area contributed by atoms with Gasteiger partial charge in [-0.15, -0.1) is 0 Å². The van der Waals surface area contributed by atoms with Crippen molar-refractivity contribution in [3.05, 3.63) is 45.1 Å². The molecule has 3 rings (SSSR count). The maximum atomic E-state index is 11.6. The van der Waals surface area contributed by atoms with Crippen LogP contribution in [0.15, 0.2) is 29.1 Å². The average Bonchev–Trinajstić information content (AvgIpc) is 2.66. The number of halogens is 1. The summed E-state index contributed by atoms with van der Waals surface area (Å²) in [5.74, 6) is 0. The summed E-state index contributed by atoms with van der Waals surface area (Å²) in [6.45, 7) is 3.78. The van der Waals surface area contributed by atoms with Crippen LogP contribution in [-0.4, -0.2) is 9.38 Å². The number of hydrogen-bond donors (Lipinski definition) is 1. The summed E-state index contributed by atoms with van der Waals surface area (Å²) < 4.78 is 1.61. The number of nitrogens with zero attached hydrogens (tertiary/aromatic N) is 1. The molecule has 0 fully saturated rings. The quantitative estimate of drug-likeness (QED) is 0.611. The van der Waals surface area contributed by atoms with Crippen LogP contribution in [0.4, 0.5) is 0 Å². The van der Waals surface area contributed by atoms with Crippen LogP contribution in [-0.2, 0) is 0 Å². The molecule has 74 valence electrons. The lowest BCUT2D eigenvalue weighted by Gasteiger charge is -1.91. The number of imidazole rings is 1. The zero-order chi connectivity index (χ0) is 10.6. The molecule has 0 saturated heterocycles. The van der Waals surface area contributed by atoms with Crippen LogP contribution in [0.1, 0.15) is 0 Å². The minimum absolute atomic E-state index is 0.160. The van der Waals surface area contributed by atoms with Crippen LogP contribution >= 0.6 is 11.6 Å². The highest BCUT2D eigenvalue weighted by Gasteiger charge is 2.07. The van der Waals surface area contributed by atoms with Gasteiger partial charge in [-0.3, -0.25) is 4.40 Å². The van der Waals surface area contributed by atoms with Crippen LogP contribution in [0, 0.1) is 0 Å². The zero-order valence-corrected chi connectivity index (χ0v) is 8.51. The summed E-state index contributed by atoms with van der Waals surface area (Å²) in [4.78, 5) is 14.3. The van der Waals surface area contributed by atoms with Gasteiger partial charge < -0.3 is 4.98 Å². The first kappa shape index (κ1) is 8.56. The number of aromatic nitrogens is 2. The Morgan fingerprint density at radius 3 is 2.87 bits per heavy atom. The fourth-order valence-corrected chi connectivity index (χ4v) is 2.06. The van der Waals surface area contributed by atoms with E-state index in [1.165, 1.54) is 0 Å². The van der Waals surface area contributed by atoms with Crippen LogP contribution in [0.5, 0.6) is 0 Å². The molecule has 0 unspecified atom stereocenters. The first-order valence-electron chi connectivity index (χ1n) is 4.48. The molecule has 3 aromatic rings. The summed E-state index contributed by atoms with van der Waals surface area (Å²) >= 11 is 5.88. The third kappa shape index (κ3) is 1.04. The zero-order valence-electron chi connectivity index (χ0n) is 7.75. The summed E-state index contributed by atoms with van der Waals surface area (Å²) in [6.07, 6.45) is 0. The van der Waals surface area contributed by atoms with Crippen molar-refractivity contribution in [2.75, 3.05) is 0 Å². The third-order valence-corrected chi connectivity index (χ3v) is 2.77. The predicted octanol–water partition coefficient (Wildman–Crippen LogP) is 1.56. The molecule has 3 nitrogen and oxygen atoms in total. The summed E-state index contributed by atoms with van der Waals surface area (Å²) in [5, 5.41) is 2.25. The standard InChI is InChI=1S/C11H7ClN2O/c1-6-10-5-7-4-8(12)2-3-9(7)14(10)11(15)13-6/h2-5H,1H2,(H,13,15). The Balaban J connectivity index is 2.71. The molecule has 15 heavy (non-hydrogen) atoms. The second kappa shape index (κ2) is 2.64. The molecule has 0 amide bonds. The molecule has 4 heteroatoms. The summed E-state index contributed by atoms with van der Waals surface area (Å²) in [6, 6.07) is 7.34. The van der Waals surface area contributed by atoms with Crippen LogP contribution in [0.3, 0.4) is 0 Å². The SMILES string of the molecule is C=c1[nH]c(=O)n2c1cc1cc(Cl)ccc12. The molecule has 1 N–H and O–H groups in total. The van der Waals surface area contributed by atoms with E-state index in [0.717, 1.165) is 16.4 Å². The molecule has 0 radical (unpaired) electrons. The second-order valence-corrected chi connectivity index (χ2v) is 3.91. The van der Waals surface area contributed by atoms with E-state index in [1.807, 2.05) is 18.2 Å². The highest BCUT2D eigenvalue weighted by atomic mass is 35.5. The van der Waals surface area contributed by atoms with Gasteiger partial charge in [0.05, 0.1) is 16.4 Å². The molecule has 0 aliphatic rings. The lowest BCUT2D eigenvalue weighted by molar-refractivity contribution is 1.11. The molecule has 0 bridgehead atoms. The molecule has 2 aromatic heterocycles. The van der Waals surface area contributed by atoms with Gasteiger partial charge in [-0.25, -0.2) is 4.79 Å². The number of benzene rings is 1.